The predicted molar refractivity (Wildman–Crippen MR) is 82.5 cm³/mol. The van der Waals surface area contributed by atoms with Crippen LogP contribution in [0.1, 0.15) is 29.7 Å². The number of thiophene rings is 1. The smallest absolute Gasteiger partial charge is 0.320 e. The Hall–Kier alpha value is -1.51. The molecule has 0 atom stereocenters. The molecule has 0 bridgehead atoms. The molecule has 2 heterocycles. The van der Waals surface area contributed by atoms with E-state index in [1.165, 1.54) is 6.42 Å². The first kappa shape index (κ1) is 14.9. The van der Waals surface area contributed by atoms with Crippen molar-refractivity contribution in [2.75, 3.05) is 26.7 Å². The molecule has 2 N–H and O–H groups in total. The summed E-state index contributed by atoms with van der Waals surface area (Å²) in [7, 11) is 1.86. The van der Waals surface area contributed by atoms with E-state index in [1.54, 1.807) is 16.2 Å². The predicted octanol–water partition coefficient (Wildman–Crippen LogP) is 2.10. The summed E-state index contributed by atoms with van der Waals surface area (Å²) in [5, 5.41) is 2.06. The van der Waals surface area contributed by atoms with Gasteiger partial charge in [0.15, 0.2) is 0 Å². The number of hydrogen-bond acceptors (Lipinski definition) is 3. The summed E-state index contributed by atoms with van der Waals surface area (Å²) in [5.41, 5.74) is 6.49. The van der Waals surface area contributed by atoms with Gasteiger partial charge in [-0.25, -0.2) is 4.79 Å². The fourth-order valence-corrected chi connectivity index (χ4v) is 3.10. The molecule has 0 radical (unpaired) electrons. The zero-order valence-electron chi connectivity index (χ0n) is 11.9. The maximum absolute atomic E-state index is 12.3. The molecular weight excluding hydrogens is 270 g/mol. The van der Waals surface area contributed by atoms with E-state index < -0.39 is 0 Å². The van der Waals surface area contributed by atoms with Crippen molar-refractivity contribution in [3.63, 3.8) is 0 Å². The number of amides is 2. The largest absolute Gasteiger partial charge is 0.325 e. The highest BCUT2D eigenvalue weighted by molar-refractivity contribution is 7.10. The molecular formula is C15H21N3OS. The van der Waals surface area contributed by atoms with E-state index in [0.29, 0.717) is 13.1 Å². The molecule has 0 saturated carbocycles. The van der Waals surface area contributed by atoms with Gasteiger partial charge >= 0.3 is 6.03 Å². The van der Waals surface area contributed by atoms with Crippen LogP contribution in [0.3, 0.4) is 0 Å². The Kier molecular flexibility index (Phi) is 5.45. The Bertz CT molecular complexity index is 509. The Morgan fingerprint density at radius 2 is 2.20 bits per heavy atom. The summed E-state index contributed by atoms with van der Waals surface area (Å²) in [6, 6.07) is 2.17. The van der Waals surface area contributed by atoms with Gasteiger partial charge in [-0.1, -0.05) is 11.8 Å². The van der Waals surface area contributed by atoms with Crippen LogP contribution in [0.15, 0.2) is 11.4 Å². The average molecular weight is 291 g/mol. The number of likely N-dealkylation sites (tertiary alicyclic amines) is 1. The average Bonchev–Trinajstić information content (AvgIpc) is 2.92. The number of urea groups is 1. The van der Waals surface area contributed by atoms with Crippen molar-refractivity contribution >= 4 is 17.4 Å². The summed E-state index contributed by atoms with van der Waals surface area (Å²) in [6.07, 6.45) is 3.48. The number of nitrogens with two attached hydrogens (primary N) is 1. The first-order valence-electron chi connectivity index (χ1n) is 6.97. The van der Waals surface area contributed by atoms with Crippen molar-refractivity contribution < 1.29 is 4.79 Å². The number of piperidine rings is 1. The quantitative estimate of drug-likeness (QED) is 0.848. The van der Waals surface area contributed by atoms with Gasteiger partial charge in [0.1, 0.15) is 0 Å². The van der Waals surface area contributed by atoms with Crippen LogP contribution in [0.4, 0.5) is 4.79 Å². The van der Waals surface area contributed by atoms with Crippen molar-refractivity contribution in [2.24, 2.45) is 5.73 Å². The van der Waals surface area contributed by atoms with E-state index in [9.17, 15) is 4.79 Å². The van der Waals surface area contributed by atoms with E-state index in [4.69, 9.17) is 5.73 Å². The van der Waals surface area contributed by atoms with Gasteiger partial charge in [0, 0.05) is 26.7 Å². The molecule has 0 aliphatic carbocycles. The minimum atomic E-state index is 0.130. The third-order valence-electron chi connectivity index (χ3n) is 3.34. The van der Waals surface area contributed by atoms with Gasteiger partial charge in [0.25, 0.3) is 0 Å². The molecule has 1 saturated heterocycles. The normalized spacial score (nSPS) is 14.6. The topological polar surface area (TPSA) is 49.6 Å². The SMILES string of the molecule is CN(Cc1csc(C#CCN)c1)C(=O)N1CCCCC1. The molecule has 108 valence electrons. The number of rotatable bonds is 2. The minimum absolute atomic E-state index is 0.130. The van der Waals surface area contributed by atoms with Crippen molar-refractivity contribution in [3.8, 4) is 11.8 Å². The maximum Gasteiger partial charge on any atom is 0.320 e. The lowest BCUT2D eigenvalue weighted by Crippen LogP contribution is -2.43. The Balaban J connectivity index is 1.91. The molecule has 20 heavy (non-hydrogen) atoms. The van der Waals surface area contributed by atoms with E-state index >= 15 is 0 Å². The molecule has 1 aromatic rings. The van der Waals surface area contributed by atoms with Gasteiger partial charge in [-0.05, 0) is 36.3 Å². The second kappa shape index (κ2) is 7.32. The summed E-state index contributed by atoms with van der Waals surface area (Å²) in [5.74, 6) is 5.87. The number of carbonyl (C=O) groups is 1. The van der Waals surface area contributed by atoms with Crippen molar-refractivity contribution in [1.82, 2.24) is 9.80 Å². The highest BCUT2D eigenvalue weighted by atomic mass is 32.1. The van der Waals surface area contributed by atoms with E-state index in [0.717, 1.165) is 36.4 Å². The van der Waals surface area contributed by atoms with Gasteiger partial charge in [0.2, 0.25) is 0 Å². The van der Waals surface area contributed by atoms with Crippen molar-refractivity contribution in [2.45, 2.75) is 25.8 Å². The summed E-state index contributed by atoms with van der Waals surface area (Å²) >= 11 is 1.60. The maximum atomic E-state index is 12.3. The van der Waals surface area contributed by atoms with Crippen molar-refractivity contribution in [1.29, 1.82) is 0 Å². The molecule has 1 aliphatic heterocycles. The fourth-order valence-electron chi connectivity index (χ4n) is 2.33. The Morgan fingerprint density at radius 3 is 2.90 bits per heavy atom. The monoisotopic (exact) mass is 291 g/mol. The van der Waals surface area contributed by atoms with Crippen LogP contribution in [0, 0.1) is 11.8 Å². The molecule has 4 nitrogen and oxygen atoms in total. The Morgan fingerprint density at radius 1 is 1.45 bits per heavy atom. The molecule has 0 unspecified atom stereocenters. The lowest BCUT2D eigenvalue weighted by atomic mass is 10.1. The fraction of sp³-hybridized carbons (Fsp3) is 0.533. The van der Waals surface area contributed by atoms with Crippen LogP contribution >= 0.6 is 11.3 Å². The van der Waals surface area contributed by atoms with Gasteiger partial charge < -0.3 is 15.5 Å². The summed E-state index contributed by atoms with van der Waals surface area (Å²) in [6.45, 7) is 2.79. The zero-order chi connectivity index (χ0) is 14.4. The lowest BCUT2D eigenvalue weighted by molar-refractivity contribution is 0.151. The van der Waals surface area contributed by atoms with Gasteiger partial charge in [-0.2, -0.15) is 0 Å². The molecule has 5 heteroatoms. The van der Waals surface area contributed by atoms with Crippen molar-refractivity contribution in [3.05, 3.63) is 21.9 Å². The molecule has 1 aromatic heterocycles. The molecule has 1 aliphatic rings. The zero-order valence-corrected chi connectivity index (χ0v) is 12.7. The van der Waals surface area contributed by atoms with Crippen LogP contribution in [0.2, 0.25) is 0 Å². The molecule has 2 amide bonds. The number of carbonyl (C=O) groups excluding carboxylic acids is 1. The van der Waals surface area contributed by atoms with Gasteiger partial charge in [0.05, 0.1) is 11.4 Å². The third-order valence-corrected chi connectivity index (χ3v) is 4.23. The second-order valence-corrected chi connectivity index (χ2v) is 5.92. The van der Waals surface area contributed by atoms with E-state index in [-0.39, 0.29) is 6.03 Å². The van der Waals surface area contributed by atoms with Crippen LogP contribution < -0.4 is 5.73 Å². The highest BCUT2D eigenvalue weighted by Crippen LogP contribution is 2.17. The minimum Gasteiger partial charge on any atom is -0.325 e. The number of nitrogens with zero attached hydrogens (tertiary/aromatic N) is 2. The van der Waals surface area contributed by atoms with E-state index in [1.807, 2.05) is 18.0 Å². The molecule has 0 aromatic carbocycles. The summed E-state index contributed by atoms with van der Waals surface area (Å²) in [4.78, 5) is 17.0. The standard InChI is InChI=1S/C15H21N3OS/c1-17(15(19)18-8-3-2-4-9-18)11-13-10-14(20-12-13)6-5-7-16/h10,12H,2-4,7-9,11,16H2,1H3. The summed E-state index contributed by atoms with van der Waals surface area (Å²) < 4.78 is 0. The van der Waals surface area contributed by atoms with Crippen LogP contribution in [-0.4, -0.2) is 42.5 Å². The van der Waals surface area contributed by atoms with Crippen LogP contribution in [0.5, 0.6) is 0 Å². The van der Waals surface area contributed by atoms with Crippen LogP contribution in [0.25, 0.3) is 0 Å². The Labute approximate surface area is 124 Å². The van der Waals surface area contributed by atoms with Gasteiger partial charge in [-0.3, -0.25) is 0 Å². The van der Waals surface area contributed by atoms with E-state index in [2.05, 4.69) is 17.2 Å². The van der Waals surface area contributed by atoms with Crippen LogP contribution in [-0.2, 0) is 6.54 Å². The first-order valence-corrected chi connectivity index (χ1v) is 7.85. The van der Waals surface area contributed by atoms with Gasteiger partial charge in [-0.15, -0.1) is 11.3 Å². The lowest BCUT2D eigenvalue weighted by Gasteiger charge is -2.30. The third kappa shape index (κ3) is 3.99. The molecule has 0 spiro atoms. The first-order chi connectivity index (χ1) is 9.70. The second-order valence-electron chi connectivity index (χ2n) is 5.01. The number of hydrogen-bond donors (Lipinski definition) is 1. The molecule has 2 rings (SSSR count). The highest BCUT2D eigenvalue weighted by Gasteiger charge is 2.20. The molecule has 1 fully saturated rings.